The van der Waals surface area contributed by atoms with Crippen molar-refractivity contribution in [3.63, 3.8) is 0 Å². The van der Waals surface area contributed by atoms with Crippen LogP contribution in [0.3, 0.4) is 0 Å². The number of aromatic amines is 1. The van der Waals surface area contributed by atoms with E-state index in [-0.39, 0.29) is 5.91 Å². The fraction of sp³-hybridized carbons (Fsp3) is 0.263. The molecule has 23 heavy (non-hydrogen) atoms. The van der Waals surface area contributed by atoms with Gasteiger partial charge in [-0.3, -0.25) is 4.79 Å². The number of imidazole rings is 1. The molecular formula is C19H21N3O. The Hall–Kier alpha value is -2.62. The van der Waals surface area contributed by atoms with Crippen LogP contribution in [0.2, 0.25) is 0 Å². The molecule has 4 nitrogen and oxygen atoms in total. The summed E-state index contributed by atoms with van der Waals surface area (Å²) in [5, 5.41) is 3.00. The molecule has 0 aliphatic carbocycles. The minimum atomic E-state index is 0.0632. The zero-order chi connectivity index (χ0) is 16.1. The normalized spacial score (nSPS) is 12.2. The average Bonchev–Trinajstić information content (AvgIpc) is 3.01. The third-order valence-electron chi connectivity index (χ3n) is 4.00. The summed E-state index contributed by atoms with van der Waals surface area (Å²) in [6, 6.07) is 18.1. The summed E-state index contributed by atoms with van der Waals surface area (Å²) in [5.41, 5.74) is 3.20. The van der Waals surface area contributed by atoms with Crippen LogP contribution in [-0.2, 0) is 11.2 Å². The van der Waals surface area contributed by atoms with Crippen LogP contribution in [0.1, 0.15) is 30.7 Å². The number of hydrogen-bond donors (Lipinski definition) is 2. The van der Waals surface area contributed by atoms with E-state index in [1.54, 1.807) is 0 Å². The second-order valence-corrected chi connectivity index (χ2v) is 5.82. The molecule has 3 aromatic rings. The quantitative estimate of drug-likeness (QED) is 0.733. The minimum absolute atomic E-state index is 0.0632. The highest BCUT2D eigenvalue weighted by Gasteiger charge is 2.09. The largest absolute Gasteiger partial charge is 0.355 e. The van der Waals surface area contributed by atoms with E-state index in [9.17, 15) is 4.79 Å². The van der Waals surface area contributed by atoms with Gasteiger partial charge >= 0.3 is 0 Å². The van der Waals surface area contributed by atoms with Crippen LogP contribution < -0.4 is 5.32 Å². The lowest BCUT2D eigenvalue weighted by Crippen LogP contribution is -2.27. The van der Waals surface area contributed by atoms with E-state index in [4.69, 9.17) is 0 Å². The van der Waals surface area contributed by atoms with Gasteiger partial charge in [0.05, 0.1) is 11.0 Å². The van der Waals surface area contributed by atoms with E-state index >= 15 is 0 Å². The Morgan fingerprint density at radius 1 is 1.13 bits per heavy atom. The molecule has 1 aromatic heterocycles. The third-order valence-corrected chi connectivity index (χ3v) is 4.00. The molecule has 0 fully saturated rings. The van der Waals surface area contributed by atoms with Crippen LogP contribution in [0.15, 0.2) is 54.6 Å². The van der Waals surface area contributed by atoms with Gasteiger partial charge in [-0.2, -0.15) is 0 Å². The van der Waals surface area contributed by atoms with Gasteiger partial charge in [0.15, 0.2) is 0 Å². The number of rotatable bonds is 6. The van der Waals surface area contributed by atoms with Gasteiger partial charge in [-0.05, 0) is 23.6 Å². The van der Waals surface area contributed by atoms with Gasteiger partial charge in [-0.1, -0.05) is 49.4 Å². The van der Waals surface area contributed by atoms with E-state index in [1.165, 1.54) is 5.56 Å². The minimum Gasteiger partial charge on any atom is -0.355 e. The van der Waals surface area contributed by atoms with Crippen LogP contribution in [0, 0.1) is 0 Å². The Morgan fingerprint density at radius 2 is 1.87 bits per heavy atom. The van der Waals surface area contributed by atoms with Crippen molar-refractivity contribution >= 4 is 16.9 Å². The molecule has 0 spiro atoms. The fourth-order valence-electron chi connectivity index (χ4n) is 2.61. The monoisotopic (exact) mass is 307 g/mol. The van der Waals surface area contributed by atoms with Crippen molar-refractivity contribution in [1.82, 2.24) is 15.3 Å². The first kappa shape index (κ1) is 15.3. The molecular weight excluding hydrogens is 286 g/mol. The molecule has 1 heterocycles. The van der Waals surface area contributed by atoms with E-state index in [1.807, 2.05) is 42.5 Å². The van der Waals surface area contributed by atoms with Crippen LogP contribution in [0.4, 0.5) is 0 Å². The summed E-state index contributed by atoms with van der Waals surface area (Å²) < 4.78 is 0. The molecule has 0 aliphatic rings. The average molecular weight is 307 g/mol. The molecule has 0 saturated carbocycles. The van der Waals surface area contributed by atoms with Crippen LogP contribution in [0.5, 0.6) is 0 Å². The molecule has 0 bridgehead atoms. The molecule has 4 heteroatoms. The molecule has 1 amide bonds. The number of amides is 1. The van der Waals surface area contributed by atoms with Crippen molar-refractivity contribution in [2.75, 3.05) is 6.54 Å². The summed E-state index contributed by atoms with van der Waals surface area (Å²) >= 11 is 0. The number of H-pyrrole nitrogens is 1. The maximum atomic E-state index is 12.0. The summed E-state index contributed by atoms with van der Waals surface area (Å²) in [6.07, 6.45) is 1.07. The van der Waals surface area contributed by atoms with Crippen LogP contribution in [0.25, 0.3) is 11.0 Å². The standard InChI is InChI=1S/C19H21N3O/c1-14(15-7-3-2-4-8-15)13-20-19(23)12-11-18-21-16-9-5-6-10-17(16)22-18/h2-10,14H,11-13H2,1H3,(H,20,23)(H,21,22)/t14-/m0/s1. The second-order valence-electron chi connectivity index (χ2n) is 5.82. The van der Waals surface area contributed by atoms with Crippen molar-refractivity contribution in [3.8, 4) is 0 Å². The smallest absolute Gasteiger partial charge is 0.220 e. The molecule has 118 valence electrons. The van der Waals surface area contributed by atoms with Gasteiger partial charge in [0, 0.05) is 19.4 Å². The molecule has 1 atom stereocenters. The van der Waals surface area contributed by atoms with Crippen molar-refractivity contribution in [2.24, 2.45) is 0 Å². The van der Waals surface area contributed by atoms with Crippen LogP contribution >= 0.6 is 0 Å². The molecule has 2 N–H and O–H groups in total. The number of carbonyl (C=O) groups excluding carboxylic acids is 1. The molecule has 0 saturated heterocycles. The SMILES string of the molecule is C[C@@H](CNC(=O)CCc1nc2ccccc2[nH]1)c1ccccc1. The number of hydrogen-bond acceptors (Lipinski definition) is 2. The number of aryl methyl sites for hydroxylation is 1. The van der Waals surface area contributed by atoms with Crippen LogP contribution in [-0.4, -0.2) is 22.4 Å². The number of benzene rings is 2. The third kappa shape index (κ3) is 3.97. The number of aromatic nitrogens is 2. The molecule has 0 radical (unpaired) electrons. The maximum absolute atomic E-state index is 12.0. The van der Waals surface area contributed by atoms with E-state index < -0.39 is 0 Å². The number of fused-ring (bicyclic) bond motifs is 1. The van der Waals surface area contributed by atoms with Crippen molar-refractivity contribution in [1.29, 1.82) is 0 Å². The fourth-order valence-corrected chi connectivity index (χ4v) is 2.61. The summed E-state index contributed by atoms with van der Waals surface area (Å²) in [4.78, 5) is 19.8. The van der Waals surface area contributed by atoms with E-state index in [2.05, 4.69) is 34.3 Å². The first-order chi connectivity index (χ1) is 11.2. The van der Waals surface area contributed by atoms with E-state index in [0.717, 1.165) is 16.9 Å². The number of nitrogens with one attached hydrogen (secondary N) is 2. The van der Waals surface area contributed by atoms with Gasteiger partial charge in [0.25, 0.3) is 0 Å². The maximum Gasteiger partial charge on any atom is 0.220 e. The highest BCUT2D eigenvalue weighted by atomic mass is 16.1. The Labute approximate surface area is 136 Å². The predicted octanol–water partition coefficient (Wildman–Crippen LogP) is 3.42. The van der Waals surface area contributed by atoms with Crippen molar-refractivity contribution in [2.45, 2.75) is 25.7 Å². The van der Waals surface area contributed by atoms with Gasteiger partial charge in [0.1, 0.15) is 5.82 Å². The highest BCUT2D eigenvalue weighted by Crippen LogP contribution is 2.13. The summed E-state index contributed by atoms with van der Waals surface area (Å²) in [5.74, 6) is 1.23. The Morgan fingerprint density at radius 3 is 2.65 bits per heavy atom. The van der Waals surface area contributed by atoms with Crippen molar-refractivity contribution < 1.29 is 4.79 Å². The highest BCUT2D eigenvalue weighted by molar-refractivity contribution is 5.77. The molecule has 3 rings (SSSR count). The summed E-state index contributed by atoms with van der Waals surface area (Å²) in [6.45, 7) is 2.78. The van der Waals surface area contributed by atoms with Crippen molar-refractivity contribution in [3.05, 3.63) is 66.0 Å². The Bertz CT molecular complexity index is 746. The number of nitrogens with zero attached hydrogens (tertiary/aromatic N) is 1. The summed E-state index contributed by atoms with van der Waals surface area (Å²) in [7, 11) is 0. The Kier molecular flexibility index (Phi) is 4.71. The lowest BCUT2D eigenvalue weighted by Gasteiger charge is -2.12. The first-order valence-electron chi connectivity index (χ1n) is 7.97. The lowest BCUT2D eigenvalue weighted by atomic mass is 10.0. The molecule has 0 aliphatic heterocycles. The molecule has 0 unspecified atom stereocenters. The Balaban J connectivity index is 1.48. The van der Waals surface area contributed by atoms with E-state index in [0.29, 0.717) is 25.3 Å². The predicted molar refractivity (Wildman–Crippen MR) is 92.3 cm³/mol. The van der Waals surface area contributed by atoms with Gasteiger partial charge in [0.2, 0.25) is 5.91 Å². The molecule has 2 aromatic carbocycles. The van der Waals surface area contributed by atoms with Gasteiger partial charge in [-0.25, -0.2) is 4.98 Å². The second kappa shape index (κ2) is 7.09. The first-order valence-corrected chi connectivity index (χ1v) is 7.97. The zero-order valence-corrected chi connectivity index (χ0v) is 13.3. The topological polar surface area (TPSA) is 57.8 Å². The number of carbonyl (C=O) groups is 1. The zero-order valence-electron chi connectivity index (χ0n) is 13.3. The van der Waals surface area contributed by atoms with Gasteiger partial charge in [-0.15, -0.1) is 0 Å². The lowest BCUT2D eigenvalue weighted by molar-refractivity contribution is -0.121. The van der Waals surface area contributed by atoms with Gasteiger partial charge < -0.3 is 10.3 Å². The number of para-hydroxylation sites is 2.